The second kappa shape index (κ2) is 6.37. The molecule has 0 spiro atoms. The number of hydrogen-bond donors (Lipinski definition) is 0. The Morgan fingerprint density at radius 3 is 2.73 bits per heavy atom. The molecule has 132 valence electrons. The summed E-state index contributed by atoms with van der Waals surface area (Å²) in [6.07, 6.45) is 1.59. The van der Waals surface area contributed by atoms with E-state index in [9.17, 15) is 9.59 Å². The number of fused-ring (bicyclic) bond motifs is 2. The van der Waals surface area contributed by atoms with Crippen molar-refractivity contribution >= 4 is 33.8 Å². The van der Waals surface area contributed by atoms with Crippen molar-refractivity contribution in [1.82, 2.24) is 34.1 Å². The van der Waals surface area contributed by atoms with Crippen LogP contribution in [0.5, 0.6) is 0 Å². The summed E-state index contributed by atoms with van der Waals surface area (Å²) in [5, 5.41) is 13.7. The van der Waals surface area contributed by atoms with Gasteiger partial charge in [-0.2, -0.15) is 0 Å². The molecular formula is C16H15N7O2S. The zero-order valence-electron chi connectivity index (χ0n) is 14.2. The fourth-order valence-electron chi connectivity index (χ4n) is 2.82. The van der Waals surface area contributed by atoms with Crippen LogP contribution < -0.4 is 11.2 Å². The molecule has 0 atom stereocenters. The first-order valence-electron chi connectivity index (χ1n) is 7.89. The lowest BCUT2D eigenvalue weighted by molar-refractivity contribution is 0.700. The van der Waals surface area contributed by atoms with E-state index in [4.69, 9.17) is 0 Å². The molecule has 4 rings (SSSR count). The largest absolute Gasteiger partial charge is 0.332 e. The zero-order chi connectivity index (χ0) is 18.3. The van der Waals surface area contributed by atoms with Crippen LogP contribution in [0.3, 0.4) is 0 Å². The molecule has 0 unspecified atom stereocenters. The van der Waals surface area contributed by atoms with E-state index in [1.807, 2.05) is 24.3 Å². The molecule has 0 saturated heterocycles. The number of rotatable bonds is 4. The van der Waals surface area contributed by atoms with E-state index in [1.54, 1.807) is 17.9 Å². The van der Waals surface area contributed by atoms with Crippen LogP contribution in [0.15, 0.2) is 45.2 Å². The van der Waals surface area contributed by atoms with Crippen molar-refractivity contribution in [3.05, 3.63) is 51.4 Å². The Kier molecular flexibility index (Phi) is 4.03. The van der Waals surface area contributed by atoms with E-state index >= 15 is 0 Å². The molecule has 0 saturated carbocycles. The molecule has 0 bridgehead atoms. The quantitative estimate of drug-likeness (QED) is 0.485. The third kappa shape index (κ3) is 2.58. The van der Waals surface area contributed by atoms with Gasteiger partial charge in [0.15, 0.2) is 11.2 Å². The molecule has 0 amide bonds. The maximum atomic E-state index is 12.4. The standard InChI is InChI=1S/C16H15N7O2S/c1-21-13-12(15(24)22(2)16(21)25)23(9-17-13)7-8-26-14-10-5-3-4-6-11(10)18-20-19-14/h3-6,9H,7-8H2,1-2H3. The number of benzene rings is 1. The van der Waals surface area contributed by atoms with Gasteiger partial charge in [-0.15, -0.1) is 22.0 Å². The predicted octanol–water partition coefficient (Wildman–Crippen LogP) is 0.564. The van der Waals surface area contributed by atoms with Crippen LogP contribution in [-0.4, -0.2) is 39.8 Å². The summed E-state index contributed by atoms with van der Waals surface area (Å²) < 4.78 is 4.23. The van der Waals surface area contributed by atoms with Crippen molar-refractivity contribution in [2.24, 2.45) is 14.1 Å². The summed E-state index contributed by atoms with van der Waals surface area (Å²) in [5.41, 5.74) is 0.862. The van der Waals surface area contributed by atoms with E-state index in [0.717, 1.165) is 20.5 Å². The predicted molar refractivity (Wildman–Crippen MR) is 98.3 cm³/mol. The van der Waals surface area contributed by atoms with Crippen LogP contribution in [0.2, 0.25) is 0 Å². The molecule has 26 heavy (non-hydrogen) atoms. The monoisotopic (exact) mass is 369 g/mol. The number of aromatic nitrogens is 7. The van der Waals surface area contributed by atoms with Crippen molar-refractivity contribution in [2.75, 3.05) is 5.75 Å². The molecule has 10 heteroatoms. The average molecular weight is 369 g/mol. The van der Waals surface area contributed by atoms with E-state index in [0.29, 0.717) is 23.5 Å². The highest BCUT2D eigenvalue weighted by Crippen LogP contribution is 2.23. The Hall–Kier alpha value is -3.01. The fourth-order valence-corrected chi connectivity index (χ4v) is 3.72. The molecule has 3 aromatic heterocycles. The number of imidazole rings is 1. The third-order valence-electron chi connectivity index (χ3n) is 4.21. The summed E-state index contributed by atoms with van der Waals surface area (Å²) in [6, 6.07) is 7.69. The number of nitrogens with zero attached hydrogens (tertiary/aromatic N) is 7. The molecule has 0 N–H and O–H groups in total. The van der Waals surface area contributed by atoms with E-state index in [1.165, 1.54) is 23.4 Å². The lowest BCUT2D eigenvalue weighted by Gasteiger charge is -2.07. The first kappa shape index (κ1) is 16.5. The Morgan fingerprint density at radius 1 is 1.08 bits per heavy atom. The van der Waals surface area contributed by atoms with E-state index in [-0.39, 0.29) is 11.2 Å². The van der Waals surface area contributed by atoms with Crippen molar-refractivity contribution in [1.29, 1.82) is 0 Å². The molecule has 0 fully saturated rings. The van der Waals surface area contributed by atoms with Crippen LogP contribution in [-0.2, 0) is 20.6 Å². The van der Waals surface area contributed by atoms with E-state index in [2.05, 4.69) is 20.4 Å². The highest BCUT2D eigenvalue weighted by Gasteiger charge is 2.14. The Morgan fingerprint density at radius 2 is 1.88 bits per heavy atom. The SMILES string of the molecule is Cn1c(=O)c2c(ncn2CCSc2nnnc3ccccc23)n(C)c1=O. The summed E-state index contributed by atoms with van der Waals surface area (Å²) in [4.78, 5) is 28.7. The molecule has 4 aromatic rings. The molecule has 0 aliphatic rings. The van der Waals surface area contributed by atoms with Gasteiger partial charge in [-0.1, -0.05) is 12.1 Å². The molecule has 9 nitrogen and oxygen atoms in total. The van der Waals surface area contributed by atoms with Crippen molar-refractivity contribution in [2.45, 2.75) is 11.6 Å². The van der Waals surface area contributed by atoms with Crippen molar-refractivity contribution in [3.63, 3.8) is 0 Å². The summed E-state index contributed by atoms with van der Waals surface area (Å²) >= 11 is 1.53. The van der Waals surface area contributed by atoms with Crippen LogP contribution in [0.1, 0.15) is 0 Å². The minimum absolute atomic E-state index is 0.347. The summed E-state index contributed by atoms with van der Waals surface area (Å²) in [5.74, 6) is 0.667. The van der Waals surface area contributed by atoms with Crippen LogP contribution in [0.25, 0.3) is 22.1 Å². The van der Waals surface area contributed by atoms with E-state index < -0.39 is 0 Å². The normalized spacial score (nSPS) is 11.5. The zero-order valence-corrected chi connectivity index (χ0v) is 15.0. The van der Waals surface area contributed by atoms with Gasteiger partial charge in [-0.25, -0.2) is 9.78 Å². The second-order valence-corrected chi connectivity index (χ2v) is 6.86. The summed E-state index contributed by atoms with van der Waals surface area (Å²) in [7, 11) is 3.07. The number of thioether (sulfide) groups is 1. The van der Waals surface area contributed by atoms with Gasteiger partial charge in [0, 0.05) is 31.8 Å². The van der Waals surface area contributed by atoms with Gasteiger partial charge in [0.2, 0.25) is 0 Å². The number of hydrogen-bond acceptors (Lipinski definition) is 7. The van der Waals surface area contributed by atoms with Crippen molar-refractivity contribution < 1.29 is 0 Å². The average Bonchev–Trinajstić information content (AvgIpc) is 3.09. The third-order valence-corrected chi connectivity index (χ3v) is 5.17. The lowest BCUT2D eigenvalue weighted by Crippen LogP contribution is -2.37. The molecular weight excluding hydrogens is 354 g/mol. The van der Waals surface area contributed by atoms with Crippen molar-refractivity contribution in [3.8, 4) is 0 Å². The Bertz CT molecular complexity index is 1240. The van der Waals surface area contributed by atoms with Gasteiger partial charge in [0.05, 0.1) is 11.8 Å². The molecule has 1 aromatic carbocycles. The van der Waals surface area contributed by atoms with Gasteiger partial charge in [-0.3, -0.25) is 13.9 Å². The maximum absolute atomic E-state index is 12.4. The fraction of sp³-hybridized carbons (Fsp3) is 0.250. The maximum Gasteiger partial charge on any atom is 0.332 e. The van der Waals surface area contributed by atoms with Crippen LogP contribution >= 0.6 is 11.8 Å². The second-order valence-electron chi connectivity index (χ2n) is 5.78. The molecule has 0 aliphatic carbocycles. The van der Waals surface area contributed by atoms with Gasteiger partial charge in [-0.05, 0) is 17.3 Å². The van der Waals surface area contributed by atoms with Crippen LogP contribution in [0.4, 0.5) is 0 Å². The smallest absolute Gasteiger partial charge is 0.324 e. The Balaban J connectivity index is 1.63. The number of aryl methyl sites for hydroxylation is 2. The minimum atomic E-state index is -0.388. The first-order valence-corrected chi connectivity index (χ1v) is 8.88. The highest BCUT2D eigenvalue weighted by atomic mass is 32.2. The topological polar surface area (TPSA) is 100 Å². The van der Waals surface area contributed by atoms with Gasteiger partial charge in [0.1, 0.15) is 5.03 Å². The summed E-state index contributed by atoms with van der Waals surface area (Å²) in [6.45, 7) is 0.549. The first-order chi connectivity index (χ1) is 12.6. The molecule has 0 radical (unpaired) electrons. The minimum Gasteiger partial charge on any atom is -0.324 e. The van der Waals surface area contributed by atoms with Crippen LogP contribution in [0, 0.1) is 0 Å². The Labute approximate surface area is 151 Å². The molecule has 0 aliphatic heterocycles. The molecule has 3 heterocycles. The highest BCUT2D eigenvalue weighted by molar-refractivity contribution is 7.99. The van der Waals surface area contributed by atoms with Gasteiger partial charge < -0.3 is 4.57 Å². The lowest BCUT2D eigenvalue weighted by atomic mass is 10.2. The van der Waals surface area contributed by atoms with Gasteiger partial charge in [0.25, 0.3) is 5.56 Å². The van der Waals surface area contributed by atoms with Gasteiger partial charge >= 0.3 is 5.69 Å².